The van der Waals surface area contributed by atoms with Crippen LogP contribution in [0.5, 0.6) is 0 Å². The maximum absolute atomic E-state index is 13.3. The van der Waals surface area contributed by atoms with Crippen molar-refractivity contribution in [1.29, 1.82) is 0 Å². The topological polar surface area (TPSA) is 158 Å². The van der Waals surface area contributed by atoms with Crippen molar-refractivity contribution < 1.29 is 37.7 Å². The third-order valence-electron chi connectivity index (χ3n) is 8.60. The van der Waals surface area contributed by atoms with Gasteiger partial charge in [-0.2, -0.15) is 23.1 Å². The fraction of sp³-hybridized carbons (Fsp3) is 0.567. The molecule has 3 aromatic rings. The molecule has 1 saturated heterocycles. The number of likely N-dealkylation sites (N-methyl/N-ethyl adjacent to an activating group) is 1. The Hall–Kier alpha value is -4.02. The largest absolute Gasteiger partial charge is 0.490 e. The number of carbonyl (C=O) groups is 2. The highest BCUT2D eigenvalue weighted by atomic mass is 19.4. The van der Waals surface area contributed by atoms with Crippen molar-refractivity contribution >= 4 is 34.8 Å². The quantitative estimate of drug-likeness (QED) is 0.224. The van der Waals surface area contributed by atoms with Crippen molar-refractivity contribution in [2.24, 2.45) is 0 Å². The molecule has 1 aliphatic heterocycles. The van der Waals surface area contributed by atoms with Crippen molar-refractivity contribution in [2.45, 2.75) is 75.2 Å². The van der Waals surface area contributed by atoms with E-state index < -0.39 is 48.4 Å². The van der Waals surface area contributed by atoms with Gasteiger partial charge >= 0.3 is 12.1 Å². The van der Waals surface area contributed by atoms with E-state index in [0.717, 1.165) is 12.0 Å². The van der Waals surface area contributed by atoms with Crippen molar-refractivity contribution in [3.63, 3.8) is 0 Å². The molecular weight excluding hydrogens is 609 g/mol. The molecule has 3 heterocycles. The zero-order valence-corrected chi connectivity index (χ0v) is 25.8. The number of aliphatic hydroxyl groups is 2. The van der Waals surface area contributed by atoms with Crippen molar-refractivity contribution in [2.75, 3.05) is 44.0 Å². The van der Waals surface area contributed by atoms with Crippen LogP contribution < -0.4 is 15.5 Å². The summed E-state index contributed by atoms with van der Waals surface area (Å²) >= 11 is 0. The number of benzene rings is 1. The summed E-state index contributed by atoms with van der Waals surface area (Å²) in [5, 5.41) is 27.2. The van der Waals surface area contributed by atoms with Crippen LogP contribution in [0, 0.1) is 0 Å². The number of carbonyl (C=O) groups excluding carboxylic acids is 2. The van der Waals surface area contributed by atoms with Gasteiger partial charge in [0.05, 0.1) is 31.1 Å². The molecule has 46 heavy (non-hydrogen) atoms. The van der Waals surface area contributed by atoms with Gasteiger partial charge in [0, 0.05) is 25.6 Å². The summed E-state index contributed by atoms with van der Waals surface area (Å²) in [6, 6.07) is 7.29. The summed E-state index contributed by atoms with van der Waals surface area (Å²) in [5.74, 6) is -2.23. The van der Waals surface area contributed by atoms with Gasteiger partial charge in [0.2, 0.25) is 11.9 Å². The molecule has 1 aliphatic carbocycles. The maximum Gasteiger partial charge on any atom is 0.490 e. The van der Waals surface area contributed by atoms with E-state index in [2.05, 4.69) is 20.5 Å². The van der Waals surface area contributed by atoms with E-state index in [1.807, 2.05) is 49.3 Å². The smallest absolute Gasteiger partial charge is 0.451 e. The summed E-state index contributed by atoms with van der Waals surface area (Å²) in [4.78, 5) is 42.3. The number of amides is 1. The number of aliphatic hydroxyl groups excluding tert-OH is 2. The van der Waals surface area contributed by atoms with Gasteiger partial charge in [-0.1, -0.05) is 37.3 Å². The fourth-order valence-electron chi connectivity index (χ4n) is 6.04. The van der Waals surface area contributed by atoms with Crippen LogP contribution in [-0.2, 0) is 20.7 Å². The summed E-state index contributed by atoms with van der Waals surface area (Å²) in [7, 11) is 3.97. The second-order valence-corrected chi connectivity index (χ2v) is 12.0. The Bertz CT molecular complexity index is 1520. The minimum atomic E-state index is -5.30. The Morgan fingerprint density at radius 2 is 1.93 bits per heavy atom. The highest BCUT2D eigenvalue weighted by Crippen LogP contribution is 2.38. The van der Waals surface area contributed by atoms with Crippen LogP contribution in [-0.4, -0.2) is 117 Å². The Labute approximate surface area is 263 Å². The molecule has 0 spiro atoms. The van der Waals surface area contributed by atoms with Gasteiger partial charge in [0.25, 0.3) is 0 Å². The number of anilines is 2. The number of nitrogens with one attached hydrogen (secondary N) is 2. The summed E-state index contributed by atoms with van der Waals surface area (Å²) in [5.41, 5.74) is 1.48. The lowest BCUT2D eigenvalue weighted by Crippen LogP contribution is -2.45. The average molecular weight is 649 g/mol. The lowest BCUT2D eigenvalue weighted by atomic mass is 10.1. The maximum atomic E-state index is 13.3. The Morgan fingerprint density at radius 1 is 1.20 bits per heavy atom. The molecule has 0 radical (unpaired) electrons. The van der Waals surface area contributed by atoms with Gasteiger partial charge in [-0.15, -0.1) is 0 Å². The van der Waals surface area contributed by atoms with Crippen LogP contribution in [0.3, 0.4) is 0 Å². The minimum absolute atomic E-state index is 0.0596. The van der Waals surface area contributed by atoms with E-state index in [9.17, 15) is 33.0 Å². The standard InChI is InChI=1S/C30H39F3N8O5/c1-4-22(43)36-20-13-21(25(24(20)44)46-28(45)30(31,32)33)41-16-34-23-26(35-18(15-42)12-17-8-6-5-7-9-17)37-29(38-27(23)41)40-11-10-19(14-40)39(2)3/h5-9,16,18-21,24-25,42,44H,4,10-15H2,1-3H3,(H,36,43)(H,35,37,38)/t18-,19-,20+,21-,24-,25+/m1/s1. The SMILES string of the molecule is CCC(=O)N[C@H]1C[C@@H](n2cnc3c(N[C@@H](CO)Cc4ccccc4)nc(N4CC[C@@H](N(C)C)C4)nc32)[C@H](OC(=O)C(F)(F)F)[C@@H]1O. The van der Waals surface area contributed by atoms with Gasteiger partial charge in [-0.3, -0.25) is 4.79 Å². The van der Waals surface area contributed by atoms with Gasteiger partial charge < -0.3 is 40.0 Å². The number of hydrogen-bond donors (Lipinski definition) is 4. The molecular formula is C30H39F3N8O5. The van der Waals surface area contributed by atoms with E-state index in [1.165, 1.54) is 10.9 Å². The Morgan fingerprint density at radius 3 is 2.57 bits per heavy atom. The van der Waals surface area contributed by atoms with Crippen LogP contribution in [0.4, 0.5) is 24.9 Å². The van der Waals surface area contributed by atoms with Gasteiger partial charge in [0.1, 0.15) is 6.10 Å². The molecule has 16 heteroatoms. The third-order valence-corrected chi connectivity index (χ3v) is 8.60. The van der Waals surface area contributed by atoms with Gasteiger partial charge in [-0.25, -0.2) is 9.78 Å². The third kappa shape index (κ3) is 7.18. The number of rotatable bonds is 11. The predicted molar refractivity (Wildman–Crippen MR) is 162 cm³/mol. The number of alkyl halides is 3. The highest BCUT2D eigenvalue weighted by Gasteiger charge is 2.51. The van der Waals surface area contributed by atoms with Crippen LogP contribution in [0.25, 0.3) is 11.2 Å². The Balaban J connectivity index is 1.56. The zero-order chi connectivity index (χ0) is 33.2. The molecule has 4 N–H and O–H groups in total. The molecule has 1 aromatic carbocycles. The first-order chi connectivity index (χ1) is 21.9. The molecule has 250 valence electrons. The van der Waals surface area contributed by atoms with Gasteiger partial charge in [0.15, 0.2) is 23.1 Å². The normalized spacial score (nSPS) is 24.0. The minimum Gasteiger partial charge on any atom is -0.451 e. The molecule has 5 rings (SSSR count). The molecule has 6 atom stereocenters. The number of fused-ring (bicyclic) bond motifs is 1. The Kier molecular flexibility index (Phi) is 9.98. The predicted octanol–water partition coefficient (Wildman–Crippen LogP) is 1.66. The summed E-state index contributed by atoms with van der Waals surface area (Å²) < 4.78 is 46.2. The lowest BCUT2D eigenvalue weighted by molar-refractivity contribution is -0.209. The van der Waals surface area contributed by atoms with E-state index in [1.54, 1.807) is 6.92 Å². The molecule has 2 aliphatic rings. The second-order valence-electron chi connectivity index (χ2n) is 12.0. The first kappa shape index (κ1) is 33.3. The van der Waals surface area contributed by atoms with Crippen LogP contribution in [0.1, 0.15) is 37.8 Å². The highest BCUT2D eigenvalue weighted by molar-refractivity contribution is 5.85. The summed E-state index contributed by atoms with van der Waals surface area (Å²) in [6.07, 6.45) is -5.91. The van der Waals surface area contributed by atoms with Crippen molar-refractivity contribution in [3.8, 4) is 0 Å². The fourth-order valence-corrected chi connectivity index (χ4v) is 6.04. The number of aromatic nitrogens is 4. The van der Waals surface area contributed by atoms with Crippen LogP contribution in [0.15, 0.2) is 36.7 Å². The van der Waals surface area contributed by atoms with Crippen molar-refractivity contribution in [3.05, 3.63) is 42.2 Å². The van der Waals surface area contributed by atoms with Crippen LogP contribution >= 0.6 is 0 Å². The number of ether oxygens (including phenoxy) is 1. The molecule has 1 saturated carbocycles. The molecule has 0 bridgehead atoms. The molecule has 0 unspecified atom stereocenters. The van der Waals surface area contributed by atoms with Crippen LogP contribution in [0.2, 0.25) is 0 Å². The van der Waals surface area contributed by atoms with Crippen molar-refractivity contribution in [1.82, 2.24) is 29.7 Å². The van der Waals surface area contributed by atoms with E-state index in [4.69, 9.17) is 14.7 Å². The molecule has 2 fully saturated rings. The second kappa shape index (κ2) is 13.8. The lowest BCUT2D eigenvalue weighted by Gasteiger charge is -2.25. The number of hydrogen-bond acceptors (Lipinski definition) is 11. The number of nitrogens with zero attached hydrogens (tertiary/aromatic N) is 6. The number of esters is 1. The number of imidazole rings is 1. The first-order valence-electron chi connectivity index (χ1n) is 15.2. The first-order valence-corrected chi connectivity index (χ1v) is 15.2. The molecule has 2 aromatic heterocycles. The number of halogens is 3. The van der Waals surface area contributed by atoms with Gasteiger partial charge in [-0.05, 0) is 38.9 Å². The van der Waals surface area contributed by atoms with E-state index in [-0.39, 0.29) is 36.7 Å². The van der Waals surface area contributed by atoms with E-state index >= 15 is 0 Å². The molecule has 1 amide bonds. The zero-order valence-electron chi connectivity index (χ0n) is 25.8. The molecule has 13 nitrogen and oxygen atoms in total. The summed E-state index contributed by atoms with van der Waals surface area (Å²) in [6.45, 7) is 2.64. The van der Waals surface area contributed by atoms with E-state index in [0.29, 0.717) is 31.3 Å². The monoisotopic (exact) mass is 648 g/mol. The average Bonchev–Trinajstić information content (AvgIpc) is 3.75.